The van der Waals surface area contributed by atoms with E-state index in [1.54, 1.807) is 11.3 Å². The summed E-state index contributed by atoms with van der Waals surface area (Å²) in [6.45, 7) is 2.59. The van der Waals surface area contributed by atoms with Crippen LogP contribution < -0.4 is 10.6 Å². The van der Waals surface area contributed by atoms with Gasteiger partial charge in [-0.15, -0.1) is 36.2 Å². The second-order valence-corrected chi connectivity index (χ2v) is 6.99. The van der Waals surface area contributed by atoms with E-state index in [4.69, 9.17) is 0 Å². The Morgan fingerprint density at radius 2 is 2.19 bits per heavy atom. The average molecular weight is 352 g/mol. The van der Waals surface area contributed by atoms with Crippen LogP contribution in [-0.4, -0.2) is 23.0 Å². The first-order chi connectivity index (χ1) is 9.22. The molecule has 0 radical (unpaired) electrons. The molecular formula is C14H23Cl2N3OS. The summed E-state index contributed by atoms with van der Waals surface area (Å²) < 4.78 is 0. The van der Waals surface area contributed by atoms with E-state index in [-0.39, 0.29) is 36.8 Å². The Morgan fingerprint density at radius 3 is 2.86 bits per heavy atom. The van der Waals surface area contributed by atoms with Crippen LogP contribution in [0.4, 0.5) is 0 Å². The summed E-state index contributed by atoms with van der Waals surface area (Å²) in [5, 5.41) is 7.59. The molecule has 0 spiro atoms. The molecule has 0 aromatic carbocycles. The minimum Gasteiger partial charge on any atom is -0.350 e. The lowest BCUT2D eigenvalue weighted by Crippen LogP contribution is -2.42. The Labute approximate surface area is 142 Å². The molecular weight excluding hydrogens is 329 g/mol. The van der Waals surface area contributed by atoms with Gasteiger partial charge in [0.25, 0.3) is 0 Å². The van der Waals surface area contributed by atoms with Gasteiger partial charge in [-0.25, -0.2) is 4.98 Å². The van der Waals surface area contributed by atoms with E-state index in [1.807, 2.05) is 13.1 Å². The summed E-state index contributed by atoms with van der Waals surface area (Å²) in [7, 11) is 0. The monoisotopic (exact) mass is 351 g/mol. The predicted molar refractivity (Wildman–Crippen MR) is 90.5 cm³/mol. The van der Waals surface area contributed by atoms with Gasteiger partial charge in [-0.1, -0.05) is 12.8 Å². The molecule has 3 atom stereocenters. The predicted octanol–water partition coefficient (Wildman–Crippen LogP) is 2.83. The van der Waals surface area contributed by atoms with Gasteiger partial charge in [0.1, 0.15) is 0 Å². The number of hydrogen-bond acceptors (Lipinski definition) is 4. The summed E-state index contributed by atoms with van der Waals surface area (Å²) in [5.41, 5.74) is 0. The fraction of sp³-hybridized carbons (Fsp3) is 0.714. The first-order valence-corrected chi connectivity index (χ1v) is 7.99. The van der Waals surface area contributed by atoms with Gasteiger partial charge in [0.05, 0.1) is 17.6 Å². The van der Waals surface area contributed by atoms with Crippen molar-refractivity contribution in [1.82, 2.24) is 15.6 Å². The lowest BCUT2D eigenvalue weighted by Gasteiger charge is -2.24. The summed E-state index contributed by atoms with van der Waals surface area (Å²) in [5.74, 6) is 0.871. The molecule has 2 fully saturated rings. The highest BCUT2D eigenvalue weighted by Gasteiger charge is 2.37. The Hall–Kier alpha value is -0.360. The highest BCUT2D eigenvalue weighted by atomic mass is 35.5. The lowest BCUT2D eigenvalue weighted by molar-refractivity contribution is -0.123. The molecule has 1 amide bonds. The van der Waals surface area contributed by atoms with Gasteiger partial charge in [-0.05, 0) is 32.1 Å². The molecule has 1 aliphatic carbocycles. The molecule has 2 aliphatic rings. The maximum absolute atomic E-state index is 12.2. The number of thiazole rings is 1. The number of aryl methyl sites for hydroxylation is 1. The number of hydrogen-bond donors (Lipinski definition) is 2. The normalized spacial score (nSPS) is 27.2. The molecule has 0 bridgehead atoms. The Bertz CT molecular complexity index is 455. The third-order valence-electron chi connectivity index (χ3n) is 4.29. The first kappa shape index (κ1) is 18.7. The zero-order chi connectivity index (χ0) is 13.2. The Morgan fingerprint density at radius 1 is 1.43 bits per heavy atom. The number of carbonyl (C=O) groups excluding carboxylic acids is 1. The molecule has 2 heterocycles. The number of fused-ring (bicyclic) bond motifs is 1. The molecule has 1 saturated carbocycles. The molecule has 120 valence electrons. The smallest absolute Gasteiger partial charge is 0.237 e. The Balaban J connectivity index is 0.00000110. The number of amides is 1. The van der Waals surface area contributed by atoms with E-state index in [0.717, 1.165) is 22.2 Å². The first-order valence-electron chi connectivity index (χ1n) is 7.17. The zero-order valence-corrected chi connectivity index (χ0v) is 14.6. The zero-order valence-electron chi connectivity index (χ0n) is 12.1. The minimum absolute atomic E-state index is 0. The van der Waals surface area contributed by atoms with Gasteiger partial charge in [0.2, 0.25) is 5.91 Å². The third kappa shape index (κ3) is 4.55. The molecule has 3 unspecified atom stereocenters. The van der Waals surface area contributed by atoms with Gasteiger partial charge in [-0.2, -0.15) is 0 Å². The van der Waals surface area contributed by atoms with Crippen molar-refractivity contribution in [2.75, 3.05) is 0 Å². The van der Waals surface area contributed by atoms with Crippen molar-refractivity contribution in [2.24, 2.45) is 5.92 Å². The summed E-state index contributed by atoms with van der Waals surface area (Å²) in [6, 6.07) is 0.595. The van der Waals surface area contributed by atoms with Crippen molar-refractivity contribution < 1.29 is 4.79 Å². The van der Waals surface area contributed by atoms with Crippen LogP contribution in [0.1, 0.15) is 42.0 Å². The van der Waals surface area contributed by atoms with Crippen molar-refractivity contribution in [3.05, 3.63) is 16.1 Å². The number of nitrogens with one attached hydrogen (secondary N) is 2. The van der Waals surface area contributed by atoms with Crippen molar-refractivity contribution in [3.8, 4) is 0 Å². The number of carbonyl (C=O) groups is 1. The maximum Gasteiger partial charge on any atom is 0.237 e. The molecule has 1 aliphatic heterocycles. The summed E-state index contributed by atoms with van der Waals surface area (Å²) in [4.78, 5) is 17.5. The largest absolute Gasteiger partial charge is 0.350 e. The topological polar surface area (TPSA) is 54.0 Å². The third-order valence-corrected chi connectivity index (χ3v) is 5.20. The summed E-state index contributed by atoms with van der Waals surface area (Å²) >= 11 is 1.65. The number of aromatic nitrogens is 1. The molecule has 1 aromatic rings. The fourth-order valence-electron chi connectivity index (χ4n) is 3.31. The van der Waals surface area contributed by atoms with Crippen LogP contribution in [0.3, 0.4) is 0 Å². The number of nitrogens with zero attached hydrogens (tertiary/aromatic N) is 1. The highest BCUT2D eigenvalue weighted by Crippen LogP contribution is 2.33. The molecule has 1 saturated heterocycles. The van der Waals surface area contributed by atoms with Gasteiger partial charge < -0.3 is 10.6 Å². The SMILES string of the molecule is Cc1ncc(CNC(=O)C2CC3CCCCC3N2)s1.Cl.Cl. The van der Waals surface area contributed by atoms with E-state index in [1.165, 1.54) is 25.7 Å². The second kappa shape index (κ2) is 8.32. The number of halogens is 2. The van der Waals surface area contributed by atoms with E-state index >= 15 is 0 Å². The van der Waals surface area contributed by atoms with Gasteiger partial charge >= 0.3 is 0 Å². The van der Waals surface area contributed by atoms with Crippen molar-refractivity contribution in [3.63, 3.8) is 0 Å². The van der Waals surface area contributed by atoms with Crippen LogP contribution in [-0.2, 0) is 11.3 Å². The van der Waals surface area contributed by atoms with Gasteiger partial charge in [-0.3, -0.25) is 4.79 Å². The van der Waals surface area contributed by atoms with E-state index < -0.39 is 0 Å². The van der Waals surface area contributed by atoms with Crippen LogP contribution in [0.2, 0.25) is 0 Å². The maximum atomic E-state index is 12.2. The van der Waals surface area contributed by atoms with Crippen molar-refractivity contribution in [1.29, 1.82) is 0 Å². The van der Waals surface area contributed by atoms with E-state index in [9.17, 15) is 4.79 Å². The van der Waals surface area contributed by atoms with Crippen LogP contribution in [0.25, 0.3) is 0 Å². The van der Waals surface area contributed by atoms with Gasteiger partial charge in [0, 0.05) is 17.1 Å². The van der Waals surface area contributed by atoms with E-state index in [0.29, 0.717) is 12.6 Å². The summed E-state index contributed by atoms with van der Waals surface area (Å²) in [6.07, 6.45) is 8.03. The van der Waals surface area contributed by atoms with Gasteiger partial charge in [0.15, 0.2) is 0 Å². The van der Waals surface area contributed by atoms with Crippen LogP contribution in [0.15, 0.2) is 6.20 Å². The van der Waals surface area contributed by atoms with E-state index in [2.05, 4.69) is 15.6 Å². The molecule has 21 heavy (non-hydrogen) atoms. The van der Waals surface area contributed by atoms with Crippen LogP contribution in [0.5, 0.6) is 0 Å². The van der Waals surface area contributed by atoms with Crippen molar-refractivity contribution in [2.45, 2.75) is 57.7 Å². The molecule has 1 aromatic heterocycles. The van der Waals surface area contributed by atoms with Crippen LogP contribution >= 0.6 is 36.2 Å². The fourth-order valence-corrected chi connectivity index (χ4v) is 4.04. The molecule has 4 nitrogen and oxygen atoms in total. The Kier molecular flexibility index (Phi) is 7.40. The number of rotatable bonds is 3. The standard InChI is InChI=1S/C14H21N3OS.2ClH/c1-9-15-7-11(19-9)8-16-14(18)13-6-10-4-2-3-5-12(10)17-13;;/h7,10,12-13,17H,2-6,8H2,1H3,(H,16,18);2*1H. The van der Waals surface area contributed by atoms with Crippen LogP contribution in [0, 0.1) is 12.8 Å². The average Bonchev–Trinajstić information content (AvgIpc) is 3.01. The molecule has 2 N–H and O–H groups in total. The molecule has 3 rings (SSSR count). The quantitative estimate of drug-likeness (QED) is 0.880. The highest BCUT2D eigenvalue weighted by molar-refractivity contribution is 7.11. The second-order valence-electron chi connectivity index (χ2n) is 5.67. The van der Waals surface area contributed by atoms with Crippen molar-refractivity contribution >= 4 is 42.1 Å². The lowest BCUT2D eigenvalue weighted by atomic mass is 9.85. The molecule has 7 heteroatoms. The minimum atomic E-state index is 0.